The molecular formula is C19H17FN2O4S2. The Morgan fingerprint density at radius 1 is 1.25 bits per heavy atom. The van der Waals surface area contributed by atoms with Crippen LogP contribution < -0.4 is 10.2 Å². The summed E-state index contributed by atoms with van der Waals surface area (Å²) in [5.41, 5.74) is 1.91. The molecule has 1 N–H and O–H groups in total. The number of ether oxygens (including phenoxy) is 1. The number of nitrogens with zero attached hydrogens (tertiary/aromatic N) is 1. The summed E-state index contributed by atoms with van der Waals surface area (Å²) < 4.78 is 19.8. The van der Waals surface area contributed by atoms with Gasteiger partial charge in [-0.1, -0.05) is 23.5 Å². The highest BCUT2D eigenvalue weighted by Crippen LogP contribution is 2.36. The van der Waals surface area contributed by atoms with Crippen LogP contribution in [0.1, 0.15) is 32.6 Å². The predicted molar refractivity (Wildman–Crippen MR) is 108 cm³/mol. The zero-order valence-corrected chi connectivity index (χ0v) is 17.0. The van der Waals surface area contributed by atoms with Crippen LogP contribution in [0.25, 0.3) is 11.1 Å². The number of amides is 1. The molecule has 1 aromatic carbocycles. The molecule has 2 aromatic heterocycles. The molecule has 6 nitrogen and oxygen atoms in total. The van der Waals surface area contributed by atoms with Gasteiger partial charge in [0.1, 0.15) is 21.3 Å². The molecule has 3 rings (SSSR count). The van der Waals surface area contributed by atoms with E-state index >= 15 is 0 Å². The number of aromatic nitrogens is 1. The molecule has 1 amide bonds. The summed E-state index contributed by atoms with van der Waals surface area (Å²) in [7, 11) is 1.59. The minimum absolute atomic E-state index is 0.171. The first-order valence-corrected chi connectivity index (χ1v) is 10.0. The second kappa shape index (κ2) is 8.07. The van der Waals surface area contributed by atoms with Gasteiger partial charge >= 0.3 is 10.8 Å². The molecule has 146 valence electrons. The molecule has 0 aliphatic heterocycles. The van der Waals surface area contributed by atoms with Crippen molar-refractivity contribution < 1.29 is 18.7 Å². The van der Waals surface area contributed by atoms with E-state index in [1.54, 1.807) is 38.4 Å². The lowest BCUT2D eigenvalue weighted by Crippen LogP contribution is -2.15. The molecule has 0 unspecified atom stereocenters. The topological polar surface area (TPSA) is 77.4 Å². The summed E-state index contributed by atoms with van der Waals surface area (Å²) in [5, 5.41) is 4.73. The number of esters is 1. The fourth-order valence-electron chi connectivity index (χ4n) is 2.59. The molecule has 0 aliphatic rings. The van der Waals surface area contributed by atoms with Gasteiger partial charge in [-0.15, -0.1) is 11.3 Å². The van der Waals surface area contributed by atoms with Gasteiger partial charge < -0.3 is 14.6 Å². The van der Waals surface area contributed by atoms with Crippen molar-refractivity contribution in [3.8, 4) is 11.1 Å². The minimum Gasteiger partial charge on any atom is -0.462 e. The van der Waals surface area contributed by atoms with Gasteiger partial charge in [0.05, 0.1) is 6.61 Å². The zero-order valence-electron chi connectivity index (χ0n) is 15.4. The van der Waals surface area contributed by atoms with E-state index in [1.807, 2.05) is 0 Å². The zero-order chi connectivity index (χ0) is 20.4. The van der Waals surface area contributed by atoms with Crippen molar-refractivity contribution in [2.45, 2.75) is 13.8 Å². The van der Waals surface area contributed by atoms with Crippen molar-refractivity contribution in [3.05, 3.63) is 61.3 Å². The van der Waals surface area contributed by atoms with Crippen LogP contribution in [-0.2, 0) is 11.8 Å². The molecule has 0 aliphatic carbocycles. The summed E-state index contributed by atoms with van der Waals surface area (Å²) in [4.78, 5) is 37.0. The Bertz CT molecular complexity index is 1100. The van der Waals surface area contributed by atoms with Gasteiger partial charge in [-0.2, -0.15) is 0 Å². The average molecular weight is 420 g/mol. The molecule has 0 atom stereocenters. The van der Waals surface area contributed by atoms with Crippen LogP contribution in [0.3, 0.4) is 0 Å². The number of hydrogen-bond acceptors (Lipinski definition) is 6. The third-order valence-electron chi connectivity index (χ3n) is 4.15. The maximum Gasteiger partial charge on any atom is 0.341 e. The number of rotatable bonds is 5. The summed E-state index contributed by atoms with van der Waals surface area (Å²) in [6.07, 6.45) is 0. The first kappa shape index (κ1) is 20.0. The summed E-state index contributed by atoms with van der Waals surface area (Å²) in [6, 6.07) is 5.70. The highest BCUT2D eigenvalue weighted by molar-refractivity contribution is 7.15. The van der Waals surface area contributed by atoms with Crippen LogP contribution in [0, 0.1) is 12.7 Å². The van der Waals surface area contributed by atoms with Crippen molar-refractivity contribution in [2.75, 3.05) is 11.9 Å². The largest absolute Gasteiger partial charge is 0.462 e. The van der Waals surface area contributed by atoms with Gasteiger partial charge in [-0.3, -0.25) is 9.59 Å². The lowest BCUT2D eigenvalue weighted by Gasteiger charge is -2.09. The lowest BCUT2D eigenvalue weighted by atomic mass is 10.0. The van der Waals surface area contributed by atoms with Crippen LogP contribution >= 0.6 is 22.7 Å². The van der Waals surface area contributed by atoms with Gasteiger partial charge in [0.15, 0.2) is 0 Å². The first-order valence-electron chi connectivity index (χ1n) is 8.35. The number of benzene rings is 1. The first-order chi connectivity index (χ1) is 13.3. The predicted octanol–water partition coefficient (Wildman–Crippen LogP) is 4.05. The maximum absolute atomic E-state index is 13.2. The lowest BCUT2D eigenvalue weighted by molar-refractivity contribution is 0.0529. The monoisotopic (exact) mass is 420 g/mol. The van der Waals surface area contributed by atoms with Gasteiger partial charge in [0, 0.05) is 23.7 Å². The number of halogens is 1. The van der Waals surface area contributed by atoms with Crippen molar-refractivity contribution in [2.24, 2.45) is 7.05 Å². The number of anilines is 1. The quantitative estimate of drug-likeness (QED) is 0.632. The number of nitrogens with one attached hydrogen (secondary N) is 1. The third kappa shape index (κ3) is 3.76. The number of thiophene rings is 1. The van der Waals surface area contributed by atoms with E-state index in [0.717, 1.165) is 22.7 Å². The Morgan fingerprint density at radius 3 is 2.50 bits per heavy atom. The highest BCUT2D eigenvalue weighted by Gasteiger charge is 2.24. The van der Waals surface area contributed by atoms with Crippen LogP contribution in [0.15, 0.2) is 34.4 Å². The van der Waals surface area contributed by atoms with Crippen LogP contribution in [0.2, 0.25) is 0 Å². The molecule has 0 radical (unpaired) electrons. The van der Waals surface area contributed by atoms with Gasteiger partial charge in [-0.25, -0.2) is 9.18 Å². The SMILES string of the molecule is CCOC(=O)c1c(-c2ccc(F)cc2)csc1NC(=O)c1sc(=O)n(C)c1C. The third-order valence-corrected chi connectivity index (χ3v) is 6.18. The molecule has 0 spiro atoms. The van der Waals surface area contributed by atoms with Crippen molar-refractivity contribution in [3.63, 3.8) is 0 Å². The minimum atomic E-state index is -0.587. The van der Waals surface area contributed by atoms with Crippen LogP contribution in [0.4, 0.5) is 9.39 Å². The van der Waals surface area contributed by atoms with E-state index in [9.17, 15) is 18.8 Å². The fourth-order valence-corrected chi connectivity index (χ4v) is 4.42. The van der Waals surface area contributed by atoms with Crippen molar-refractivity contribution >= 4 is 39.6 Å². The van der Waals surface area contributed by atoms with E-state index in [1.165, 1.54) is 16.7 Å². The van der Waals surface area contributed by atoms with E-state index in [2.05, 4.69) is 5.32 Å². The maximum atomic E-state index is 13.2. The van der Waals surface area contributed by atoms with E-state index in [4.69, 9.17) is 4.74 Å². The Kier molecular flexibility index (Phi) is 5.76. The van der Waals surface area contributed by atoms with Crippen molar-refractivity contribution in [1.29, 1.82) is 0 Å². The van der Waals surface area contributed by atoms with Crippen LogP contribution in [0.5, 0.6) is 0 Å². The van der Waals surface area contributed by atoms with Crippen molar-refractivity contribution in [1.82, 2.24) is 4.57 Å². The van der Waals surface area contributed by atoms with Gasteiger partial charge in [-0.05, 0) is 31.5 Å². The molecule has 9 heteroatoms. The second-order valence-electron chi connectivity index (χ2n) is 5.88. The smallest absolute Gasteiger partial charge is 0.341 e. The molecule has 0 saturated heterocycles. The van der Waals surface area contributed by atoms with E-state index < -0.39 is 11.9 Å². The van der Waals surface area contributed by atoms with E-state index in [-0.39, 0.29) is 27.7 Å². The number of carbonyl (C=O) groups excluding carboxylic acids is 2. The Labute approximate surface area is 168 Å². The summed E-state index contributed by atoms with van der Waals surface area (Å²) >= 11 is 2.00. The number of thiazole rings is 1. The summed E-state index contributed by atoms with van der Waals surface area (Å²) in [5.74, 6) is -1.45. The molecule has 2 heterocycles. The summed E-state index contributed by atoms with van der Waals surface area (Å²) in [6.45, 7) is 3.53. The van der Waals surface area contributed by atoms with E-state index in [0.29, 0.717) is 21.8 Å². The molecular weight excluding hydrogens is 403 g/mol. The number of hydrogen-bond donors (Lipinski definition) is 1. The van der Waals surface area contributed by atoms with Crippen LogP contribution in [-0.4, -0.2) is 23.1 Å². The van der Waals surface area contributed by atoms with Gasteiger partial charge in [0.25, 0.3) is 5.91 Å². The molecule has 0 fully saturated rings. The standard InChI is InChI=1S/C19H17FN2O4S2/c1-4-26-18(24)14-13(11-5-7-12(20)8-6-11)9-27-17(14)21-16(23)15-10(2)22(3)19(25)28-15/h5-9H,4H2,1-3H3,(H,21,23). The molecule has 0 saturated carbocycles. The molecule has 28 heavy (non-hydrogen) atoms. The molecule has 0 bridgehead atoms. The number of carbonyl (C=O) groups is 2. The van der Waals surface area contributed by atoms with Gasteiger partial charge in [0.2, 0.25) is 0 Å². The molecule has 3 aromatic rings. The Hall–Kier alpha value is -2.78. The average Bonchev–Trinajstić information content (AvgIpc) is 3.19. The second-order valence-corrected chi connectivity index (χ2v) is 7.72. The fraction of sp³-hybridized carbons (Fsp3) is 0.211. The highest BCUT2D eigenvalue weighted by atomic mass is 32.1. The Balaban J connectivity index is 2.02. The normalized spacial score (nSPS) is 10.7. The Morgan fingerprint density at radius 2 is 1.93 bits per heavy atom.